The number of rotatable bonds is 16. The molecule has 0 aliphatic heterocycles. The number of amides is 3. The fourth-order valence-electron chi connectivity index (χ4n) is 3.45. The number of nitrogens with zero attached hydrogens (tertiary/aromatic N) is 1. The second-order valence-electron chi connectivity index (χ2n) is 9.21. The zero-order valence-electron chi connectivity index (χ0n) is 21.8. The SMILES string of the molecule is CC(C)C(NC(=O)C(N)Cc1ccc(O)cc1)C(=O)NC(CCCN=C(N)N)C(=O)NC(CC(=O)O)C(=O)O. The Morgan fingerprint density at radius 1 is 0.897 bits per heavy atom. The summed E-state index contributed by atoms with van der Waals surface area (Å²) in [6, 6.07) is 0.976. The molecule has 4 atom stereocenters. The number of carbonyl (C=O) groups excluding carboxylic acids is 3. The molecule has 0 aromatic heterocycles. The topological polar surface area (TPSA) is 273 Å². The number of aliphatic carboxylic acids is 2. The number of aliphatic imine (C=N–C) groups is 1. The second-order valence-corrected chi connectivity index (χ2v) is 9.21. The highest BCUT2D eigenvalue weighted by Crippen LogP contribution is 2.12. The molecule has 4 unspecified atom stereocenters. The Hall–Kier alpha value is -4.40. The van der Waals surface area contributed by atoms with Crippen LogP contribution in [-0.4, -0.2) is 81.7 Å². The van der Waals surface area contributed by atoms with Crippen LogP contribution >= 0.6 is 0 Å². The first-order chi connectivity index (χ1) is 18.2. The Balaban J connectivity index is 2.99. The maximum absolute atomic E-state index is 13.1. The van der Waals surface area contributed by atoms with E-state index in [1.165, 1.54) is 12.1 Å². The highest BCUT2D eigenvalue weighted by atomic mass is 16.4. The molecular formula is C24H37N7O8. The van der Waals surface area contributed by atoms with Crippen molar-refractivity contribution in [1.82, 2.24) is 16.0 Å². The molecule has 0 aliphatic rings. The minimum atomic E-state index is -1.73. The Morgan fingerprint density at radius 3 is 2.00 bits per heavy atom. The quantitative estimate of drug-likeness (QED) is 0.0614. The highest BCUT2D eigenvalue weighted by Gasteiger charge is 2.32. The van der Waals surface area contributed by atoms with E-state index < -0.39 is 66.2 Å². The van der Waals surface area contributed by atoms with Crippen molar-refractivity contribution in [3.8, 4) is 5.75 Å². The summed E-state index contributed by atoms with van der Waals surface area (Å²) in [6.45, 7) is 3.43. The van der Waals surface area contributed by atoms with Gasteiger partial charge >= 0.3 is 11.9 Å². The van der Waals surface area contributed by atoms with E-state index in [1.807, 2.05) is 0 Å². The summed E-state index contributed by atoms with van der Waals surface area (Å²) >= 11 is 0. The van der Waals surface area contributed by atoms with Gasteiger partial charge in [-0.2, -0.15) is 0 Å². The first kappa shape index (κ1) is 32.6. The summed E-state index contributed by atoms with van der Waals surface area (Å²) in [5.41, 5.74) is 17.3. The number of hydrogen-bond acceptors (Lipinski definition) is 8. The van der Waals surface area contributed by atoms with Gasteiger partial charge in [0.25, 0.3) is 0 Å². The molecule has 1 aromatic rings. The molecule has 15 nitrogen and oxygen atoms in total. The number of carboxylic acid groups (broad SMARTS) is 2. The van der Waals surface area contributed by atoms with Gasteiger partial charge in [-0.1, -0.05) is 26.0 Å². The zero-order valence-corrected chi connectivity index (χ0v) is 21.8. The summed E-state index contributed by atoms with van der Waals surface area (Å²) in [5.74, 6) is -5.85. The van der Waals surface area contributed by atoms with Crippen LogP contribution in [0.2, 0.25) is 0 Å². The van der Waals surface area contributed by atoms with Gasteiger partial charge in [-0.05, 0) is 42.9 Å². The van der Waals surface area contributed by atoms with Crippen molar-refractivity contribution in [2.75, 3.05) is 6.54 Å². The summed E-state index contributed by atoms with van der Waals surface area (Å²) in [4.78, 5) is 64.9. The number of carboxylic acids is 2. The molecular weight excluding hydrogens is 514 g/mol. The molecule has 3 amide bonds. The van der Waals surface area contributed by atoms with E-state index in [1.54, 1.807) is 26.0 Å². The third kappa shape index (κ3) is 12.1. The number of benzene rings is 1. The van der Waals surface area contributed by atoms with Gasteiger partial charge in [-0.25, -0.2) is 4.79 Å². The first-order valence-corrected chi connectivity index (χ1v) is 12.2. The Morgan fingerprint density at radius 2 is 1.49 bits per heavy atom. The van der Waals surface area contributed by atoms with Crippen LogP contribution in [0.25, 0.3) is 0 Å². The molecule has 0 aliphatic carbocycles. The monoisotopic (exact) mass is 551 g/mol. The molecule has 0 heterocycles. The molecule has 1 rings (SSSR count). The molecule has 1 aromatic carbocycles. The van der Waals surface area contributed by atoms with Crippen LogP contribution in [-0.2, 0) is 30.4 Å². The summed E-state index contributed by atoms with van der Waals surface area (Å²) in [6.07, 6.45) is -0.552. The van der Waals surface area contributed by atoms with Crippen molar-refractivity contribution in [2.24, 2.45) is 28.1 Å². The van der Waals surface area contributed by atoms with Crippen LogP contribution < -0.4 is 33.2 Å². The number of aromatic hydroxyl groups is 1. The second kappa shape index (κ2) is 15.8. The van der Waals surface area contributed by atoms with Crippen LogP contribution in [0.5, 0.6) is 5.75 Å². The average Bonchev–Trinajstić information content (AvgIpc) is 2.84. The highest BCUT2D eigenvalue weighted by molar-refractivity contribution is 5.94. The number of hydrogen-bond donors (Lipinski definition) is 9. The number of guanidine groups is 1. The minimum Gasteiger partial charge on any atom is -0.508 e. The summed E-state index contributed by atoms with van der Waals surface area (Å²) in [7, 11) is 0. The van der Waals surface area contributed by atoms with Crippen molar-refractivity contribution in [2.45, 2.75) is 63.7 Å². The zero-order chi connectivity index (χ0) is 29.7. The van der Waals surface area contributed by atoms with Crippen LogP contribution in [0.4, 0.5) is 0 Å². The Bertz CT molecular complexity index is 1040. The van der Waals surface area contributed by atoms with E-state index in [9.17, 15) is 34.2 Å². The van der Waals surface area contributed by atoms with Crippen LogP contribution in [0, 0.1) is 5.92 Å². The molecule has 216 valence electrons. The van der Waals surface area contributed by atoms with Gasteiger partial charge in [0.15, 0.2) is 5.96 Å². The Kier molecular flexibility index (Phi) is 13.2. The normalized spacial score (nSPS) is 13.8. The predicted molar refractivity (Wildman–Crippen MR) is 140 cm³/mol. The van der Waals surface area contributed by atoms with E-state index in [0.717, 1.165) is 0 Å². The lowest BCUT2D eigenvalue weighted by Gasteiger charge is -2.27. The van der Waals surface area contributed by atoms with Gasteiger partial charge in [0.05, 0.1) is 12.5 Å². The van der Waals surface area contributed by atoms with Crippen LogP contribution in [0.1, 0.15) is 38.7 Å². The van der Waals surface area contributed by atoms with Gasteiger partial charge in [-0.15, -0.1) is 0 Å². The lowest BCUT2D eigenvalue weighted by Crippen LogP contribution is -2.58. The maximum atomic E-state index is 13.1. The molecule has 0 saturated carbocycles. The van der Waals surface area contributed by atoms with Gasteiger partial charge in [0.2, 0.25) is 17.7 Å². The predicted octanol–water partition coefficient (Wildman–Crippen LogP) is -2.01. The molecule has 0 spiro atoms. The van der Waals surface area contributed by atoms with Crippen molar-refractivity contribution in [1.29, 1.82) is 0 Å². The molecule has 0 saturated heterocycles. The lowest BCUT2D eigenvalue weighted by molar-refractivity contribution is -0.147. The average molecular weight is 552 g/mol. The Labute approximate surface area is 225 Å². The van der Waals surface area contributed by atoms with Crippen molar-refractivity contribution in [3.63, 3.8) is 0 Å². The standard InChI is InChI=1S/C24H37N7O8/c1-12(2)19(31-20(35)15(25)10-13-5-7-14(32)8-6-13)22(37)29-16(4-3-9-28-24(26)27)21(36)30-17(23(38)39)11-18(33)34/h5-8,12,15-17,19,32H,3-4,9-11,25H2,1-2H3,(H,29,37)(H,30,36)(H,31,35)(H,33,34)(H,38,39)(H4,26,27,28). The molecule has 0 fully saturated rings. The third-order valence-corrected chi connectivity index (χ3v) is 5.55. The van der Waals surface area contributed by atoms with Crippen LogP contribution in [0.15, 0.2) is 29.3 Å². The van der Waals surface area contributed by atoms with Gasteiger partial charge < -0.3 is 48.5 Å². The fourth-order valence-corrected chi connectivity index (χ4v) is 3.45. The smallest absolute Gasteiger partial charge is 0.326 e. The van der Waals surface area contributed by atoms with E-state index in [0.29, 0.717) is 5.56 Å². The fraction of sp³-hybridized carbons (Fsp3) is 0.500. The van der Waals surface area contributed by atoms with E-state index in [-0.39, 0.29) is 37.5 Å². The molecule has 15 heteroatoms. The largest absolute Gasteiger partial charge is 0.508 e. The van der Waals surface area contributed by atoms with E-state index in [2.05, 4.69) is 20.9 Å². The van der Waals surface area contributed by atoms with Gasteiger partial charge in [0.1, 0.15) is 23.9 Å². The minimum absolute atomic E-state index is 0.0209. The van der Waals surface area contributed by atoms with Gasteiger partial charge in [0, 0.05) is 6.54 Å². The first-order valence-electron chi connectivity index (χ1n) is 12.2. The summed E-state index contributed by atoms with van der Waals surface area (Å²) in [5, 5.41) is 34.8. The number of phenols is 1. The van der Waals surface area contributed by atoms with Gasteiger partial charge in [-0.3, -0.25) is 24.2 Å². The number of nitrogens with two attached hydrogens (primary N) is 3. The molecule has 39 heavy (non-hydrogen) atoms. The maximum Gasteiger partial charge on any atom is 0.326 e. The molecule has 12 N–H and O–H groups in total. The number of carbonyl (C=O) groups is 5. The number of nitrogens with one attached hydrogen (secondary N) is 3. The van der Waals surface area contributed by atoms with Crippen LogP contribution in [0.3, 0.4) is 0 Å². The van der Waals surface area contributed by atoms with Crippen molar-refractivity contribution < 1.29 is 39.3 Å². The molecule has 0 radical (unpaired) electrons. The lowest BCUT2D eigenvalue weighted by atomic mass is 10.00. The third-order valence-electron chi connectivity index (χ3n) is 5.55. The van der Waals surface area contributed by atoms with E-state index >= 15 is 0 Å². The number of phenolic OH excluding ortho intramolecular Hbond substituents is 1. The van der Waals surface area contributed by atoms with E-state index in [4.69, 9.17) is 22.3 Å². The van der Waals surface area contributed by atoms with Crippen molar-refractivity contribution in [3.05, 3.63) is 29.8 Å². The van der Waals surface area contributed by atoms with Crippen molar-refractivity contribution >= 4 is 35.6 Å². The summed E-state index contributed by atoms with van der Waals surface area (Å²) < 4.78 is 0. The molecule has 0 bridgehead atoms.